The summed E-state index contributed by atoms with van der Waals surface area (Å²) in [6.07, 6.45) is 1.85. The van der Waals surface area contributed by atoms with Crippen LogP contribution in [0.1, 0.15) is 23.8 Å². The van der Waals surface area contributed by atoms with Gasteiger partial charge in [0, 0.05) is 41.7 Å². The van der Waals surface area contributed by atoms with Gasteiger partial charge in [-0.1, -0.05) is 29.3 Å². The Bertz CT molecular complexity index is 766. The molecule has 5 nitrogen and oxygen atoms in total. The number of hydrogen-bond acceptors (Lipinski definition) is 5. The van der Waals surface area contributed by atoms with E-state index in [1.165, 1.54) is 0 Å². The van der Waals surface area contributed by atoms with E-state index in [9.17, 15) is 4.79 Å². The molecule has 1 aromatic carbocycles. The van der Waals surface area contributed by atoms with Crippen LogP contribution in [0.2, 0.25) is 10.0 Å². The number of carbonyl (C=O) groups is 1. The van der Waals surface area contributed by atoms with E-state index in [1.807, 2.05) is 12.1 Å². The Morgan fingerprint density at radius 1 is 1.26 bits per heavy atom. The molecular weight excluding hydrogens is 411 g/mol. The van der Waals surface area contributed by atoms with E-state index >= 15 is 0 Å². The van der Waals surface area contributed by atoms with Crippen molar-refractivity contribution < 1.29 is 14.3 Å². The zero-order valence-corrected chi connectivity index (χ0v) is 16.8. The van der Waals surface area contributed by atoms with Crippen LogP contribution in [-0.2, 0) is 16.1 Å². The first-order valence-electron chi connectivity index (χ1n) is 8.57. The minimum Gasteiger partial charge on any atom is -0.487 e. The quantitative estimate of drug-likeness (QED) is 0.607. The summed E-state index contributed by atoms with van der Waals surface area (Å²) in [4.78, 5) is 17.6. The lowest BCUT2D eigenvalue weighted by Crippen LogP contribution is -2.39. The van der Waals surface area contributed by atoms with Gasteiger partial charge in [-0.25, -0.2) is 0 Å². The van der Waals surface area contributed by atoms with Crippen molar-refractivity contribution in [2.75, 3.05) is 26.2 Å². The fourth-order valence-electron chi connectivity index (χ4n) is 2.82. The van der Waals surface area contributed by atoms with E-state index in [2.05, 4.69) is 9.88 Å². The predicted molar refractivity (Wildman–Crippen MR) is 106 cm³/mol. The molecule has 1 unspecified atom stereocenters. The van der Waals surface area contributed by atoms with Crippen LogP contribution < -0.4 is 4.74 Å². The minimum atomic E-state index is -0.323. The summed E-state index contributed by atoms with van der Waals surface area (Å²) in [5.74, 6) is 0.620. The number of hydrogen-bond donors (Lipinski definition) is 0. The first-order valence-corrected chi connectivity index (χ1v) is 9.70. The minimum absolute atomic E-state index is 0.142. The normalized spacial score (nSPS) is 17.7. The molecule has 1 saturated heterocycles. The average Bonchev–Trinajstić information content (AvgIpc) is 2.67. The van der Waals surface area contributed by atoms with E-state index in [0.717, 1.165) is 17.8 Å². The van der Waals surface area contributed by atoms with Gasteiger partial charge in [0.15, 0.2) is 0 Å². The lowest BCUT2D eigenvalue weighted by molar-refractivity contribution is -0.112. The first-order chi connectivity index (χ1) is 13.0. The van der Waals surface area contributed by atoms with Crippen molar-refractivity contribution >= 4 is 40.0 Å². The molecule has 0 spiro atoms. The molecule has 0 amide bonds. The molecule has 27 heavy (non-hydrogen) atoms. The van der Waals surface area contributed by atoms with Gasteiger partial charge in [-0.3, -0.25) is 14.7 Å². The summed E-state index contributed by atoms with van der Waals surface area (Å²) in [5, 5.41) is 0.813. The van der Waals surface area contributed by atoms with Crippen molar-refractivity contribution in [2.24, 2.45) is 0 Å². The Morgan fingerprint density at radius 2 is 2.04 bits per heavy atom. The van der Waals surface area contributed by atoms with Crippen molar-refractivity contribution in [1.82, 2.24) is 9.88 Å². The maximum absolute atomic E-state index is 10.9. The summed E-state index contributed by atoms with van der Waals surface area (Å²) in [6, 6.07) is 9.07. The van der Waals surface area contributed by atoms with Crippen molar-refractivity contribution in [2.45, 2.75) is 19.1 Å². The van der Waals surface area contributed by atoms with Gasteiger partial charge < -0.3 is 9.47 Å². The number of nitrogens with zero attached hydrogens (tertiary/aromatic N) is 2. The second-order valence-corrected chi connectivity index (χ2v) is 7.41. The van der Waals surface area contributed by atoms with E-state index in [-0.39, 0.29) is 18.0 Å². The zero-order valence-electron chi connectivity index (χ0n) is 14.5. The number of pyridine rings is 1. The van der Waals surface area contributed by atoms with Crippen molar-refractivity contribution in [3.8, 4) is 5.75 Å². The molecule has 0 radical (unpaired) electrons. The molecule has 2 heterocycles. The summed E-state index contributed by atoms with van der Waals surface area (Å²) in [6.45, 7) is 2.93. The van der Waals surface area contributed by atoms with Gasteiger partial charge in [-0.15, -0.1) is 0 Å². The second-order valence-electron chi connectivity index (χ2n) is 6.17. The molecule has 1 atom stereocenters. The average molecular weight is 430 g/mol. The SMILES string of the molecule is O=C(Cl)CCN1CCOC(c2ccc(OCc3c(Cl)cccc3Cl)cn2)C1. The van der Waals surface area contributed by atoms with Gasteiger partial charge in [0.05, 0.1) is 18.5 Å². The van der Waals surface area contributed by atoms with Crippen molar-refractivity contribution in [3.05, 3.63) is 57.8 Å². The monoisotopic (exact) mass is 428 g/mol. The summed E-state index contributed by atoms with van der Waals surface area (Å²) in [7, 11) is 0. The van der Waals surface area contributed by atoms with Gasteiger partial charge in [-0.2, -0.15) is 0 Å². The molecule has 1 aliphatic heterocycles. The Labute approximate surface area is 173 Å². The Kier molecular flexibility index (Phi) is 7.33. The lowest BCUT2D eigenvalue weighted by atomic mass is 10.2. The van der Waals surface area contributed by atoms with Gasteiger partial charge in [0.2, 0.25) is 5.24 Å². The molecule has 0 bridgehead atoms. The molecule has 144 valence electrons. The molecule has 3 rings (SSSR count). The largest absolute Gasteiger partial charge is 0.487 e. The first kappa shape index (κ1) is 20.4. The third-order valence-corrected chi connectivity index (χ3v) is 5.21. The highest BCUT2D eigenvalue weighted by Crippen LogP contribution is 2.26. The van der Waals surface area contributed by atoms with Crippen molar-refractivity contribution in [3.63, 3.8) is 0 Å². The molecule has 1 fully saturated rings. The number of rotatable bonds is 7. The van der Waals surface area contributed by atoms with Crippen LogP contribution in [0.15, 0.2) is 36.5 Å². The number of morpholine rings is 1. The van der Waals surface area contributed by atoms with E-state index < -0.39 is 0 Å². The zero-order chi connectivity index (χ0) is 19.2. The predicted octanol–water partition coefficient (Wildman–Crippen LogP) is 4.50. The summed E-state index contributed by atoms with van der Waals surface area (Å²) >= 11 is 17.7. The molecule has 0 N–H and O–H groups in total. The number of benzene rings is 1. The number of aromatic nitrogens is 1. The lowest BCUT2D eigenvalue weighted by Gasteiger charge is -2.32. The third-order valence-electron chi connectivity index (χ3n) is 4.31. The molecule has 0 saturated carbocycles. The van der Waals surface area contributed by atoms with Gasteiger partial charge in [0.1, 0.15) is 18.5 Å². The fraction of sp³-hybridized carbons (Fsp3) is 0.368. The van der Waals surface area contributed by atoms with E-state index in [1.54, 1.807) is 24.4 Å². The summed E-state index contributed by atoms with van der Waals surface area (Å²) < 4.78 is 11.6. The van der Waals surface area contributed by atoms with Crippen LogP contribution in [0.5, 0.6) is 5.75 Å². The van der Waals surface area contributed by atoms with Gasteiger partial charge in [0.25, 0.3) is 0 Å². The molecule has 8 heteroatoms. The molecule has 1 aromatic heterocycles. The fourth-order valence-corrected chi connectivity index (χ4v) is 3.41. The van der Waals surface area contributed by atoms with Crippen LogP contribution >= 0.6 is 34.8 Å². The van der Waals surface area contributed by atoms with Crippen LogP contribution in [0.3, 0.4) is 0 Å². The molecule has 0 aliphatic carbocycles. The maximum Gasteiger partial charge on any atom is 0.222 e. The van der Waals surface area contributed by atoms with Crippen molar-refractivity contribution in [1.29, 1.82) is 0 Å². The van der Waals surface area contributed by atoms with Crippen LogP contribution in [0.25, 0.3) is 0 Å². The van der Waals surface area contributed by atoms with Gasteiger partial charge in [-0.05, 0) is 35.9 Å². The molecular formula is C19H19Cl3N2O3. The Balaban J connectivity index is 1.57. The standard InChI is InChI=1S/C19H19Cl3N2O3/c20-15-2-1-3-16(21)14(15)12-27-13-4-5-17(23-10-13)18-11-24(8-9-26-18)7-6-19(22)25/h1-5,10,18H,6-9,11-12H2. The molecule has 2 aromatic rings. The number of ether oxygens (including phenoxy) is 2. The van der Waals surface area contributed by atoms with Gasteiger partial charge >= 0.3 is 0 Å². The Hall–Kier alpha value is -1.37. The third kappa shape index (κ3) is 5.80. The smallest absolute Gasteiger partial charge is 0.222 e. The number of carbonyl (C=O) groups excluding carboxylic acids is 1. The van der Waals surface area contributed by atoms with Crippen LogP contribution in [0, 0.1) is 0 Å². The number of halogens is 3. The topological polar surface area (TPSA) is 51.7 Å². The Morgan fingerprint density at radius 3 is 2.70 bits per heavy atom. The van der Waals surface area contributed by atoms with Crippen LogP contribution in [0.4, 0.5) is 0 Å². The molecule has 1 aliphatic rings. The second kappa shape index (κ2) is 9.71. The highest BCUT2D eigenvalue weighted by atomic mass is 35.5. The van der Waals surface area contributed by atoms with E-state index in [4.69, 9.17) is 44.3 Å². The highest BCUT2D eigenvalue weighted by molar-refractivity contribution is 6.63. The van der Waals surface area contributed by atoms with E-state index in [0.29, 0.717) is 41.9 Å². The summed E-state index contributed by atoms with van der Waals surface area (Å²) in [5.41, 5.74) is 1.56. The highest BCUT2D eigenvalue weighted by Gasteiger charge is 2.23. The maximum atomic E-state index is 10.9. The van der Waals surface area contributed by atoms with Crippen LogP contribution in [-0.4, -0.2) is 41.4 Å².